The lowest BCUT2D eigenvalue weighted by Crippen LogP contribution is -2.29. The molecule has 0 spiro atoms. The van der Waals surface area contributed by atoms with Gasteiger partial charge in [-0.1, -0.05) is 96.2 Å². The fourth-order valence-corrected chi connectivity index (χ4v) is 4.83. The fourth-order valence-electron chi connectivity index (χ4n) is 3.81. The van der Waals surface area contributed by atoms with Gasteiger partial charge in [0, 0.05) is 19.3 Å². The maximum Gasteiger partial charge on any atom is 0.329 e. The molecule has 2 rings (SSSR count). The quantitative estimate of drug-likeness (QED) is 0.273. The van der Waals surface area contributed by atoms with Crippen molar-refractivity contribution >= 4 is 22.9 Å². The van der Waals surface area contributed by atoms with Crippen molar-refractivity contribution in [3.05, 3.63) is 20.8 Å². The number of fused-ring (bicyclic) bond motifs is 1. The van der Waals surface area contributed by atoms with Crippen LogP contribution >= 0.6 is 11.8 Å². The first-order valence-electron chi connectivity index (χ1n) is 11.9. The number of rotatable bonds is 16. The lowest BCUT2D eigenvalue weighted by molar-refractivity contribution is 0.544. The number of nitrogens with zero attached hydrogens (tertiary/aromatic N) is 3. The molecule has 0 aliphatic carbocycles. The minimum Gasteiger partial charge on any atom is -0.313 e. The SMILES string of the molecule is CCCCCCCCCSc1nc2c(c(=O)[nH]c(=O)n2C)n1CCCCCCCC. The molecule has 0 aromatic carbocycles. The Kier molecular flexibility index (Phi) is 11.3. The molecule has 2 heterocycles. The number of imidazole rings is 1. The summed E-state index contributed by atoms with van der Waals surface area (Å²) in [4.78, 5) is 31.6. The number of nitrogens with one attached hydrogen (secondary N) is 1. The first kappa shape index (κ1) is 24.8. The number of hydrogen-bond acceptors (Lipinski definition) is 4. The van der Waals surface area contributed by atoms with E-state index in [1.165, 1.54) is 68.8 Å². The highest BCUT2D eigenvalue weighted by Crippen LogP contribution is 2.24. The molecule has 6 nitrogen and oxygen atoms in total. The summed E-state index contributed by atoms with van der Waals surface area (Å²) < 4.78 is 3.49. The van der Waals surface area contributed by atoms with Crippen molar-refractivity contribution < 1.29 is 0 Å². The number of thioether (sulfide) groups is 1. The minimum atomic E-state index is -0.402. The Balaban J connectivity index is 2.01. The van der Waals surface area contributed by atoms with Crippen molar-refractivity contribution in [3.63, 3.8) is 0 Å². The predicted molar refractivity (Wildman–Crippen MR) is 128 cm³/mol. The summed E-state index contributed by atoms with van der Waals surface area (Å²) in [6.07, 6.45) is 16.2. The average molecular weight is 437 g/mol. The standard InChI is InChI=1S/C23H40N4O2S/c1-4-6-8-10-12-14-16-18-30-23-24-20-19(21(28)25-22(29)26(20)3)27(23)17-15-13-11-9-7-5-2/h4-18H2,1-3H3,(H,25,28,29). The predicted octanol–water partition coefficient (Wildman–Crippen LogP) is 5.63. The van der Waals surface area contributed by atoms with Crippen LogP contribution in [-0.2, 0) is 13.6 Å². The second kappa shape index (κ2) is 13.7. The Morgan fingerprint density at radius 1 is 0.833 bits per heavy atom. The zero-order chi connectivity index (χ0) is 21.8. The lowest BCUT2D eigenvalue weighted by Gasteiger charge is -2.08. The Bertz CT molecular complexity index is 868. The van der Waals surface area contributed by atoms with Gasteiger partial charge in [0.2, 0.25) is 0 Å². The molecular weight excluding hydrogens is 396 g/mol. The van der Waals surface area contributed by atoms with E-state index in [2.05, 4.69) is 23.8 Å². The van der Waals surface area contributed by atoms with Crippen LogP contribution < -0.4 is 11.2 Å². The maximum atomic E-state index is 12.5. The van der Waals surface area contributed by atoms with Crippen LogP contribution in [-0.4, -0.2) is 24.9 Å². The van der Waals surface area contributed by atoms with Crippen LogP contribution in [0.3, 0.4) is 0 Å². The summed E-state index contributed by atoms with van der Waals surface area (Å²) in [7, 11) is 1.67. The molecule has 170 valence electrons. The van der Waals surface area contributed by atoms with Crippen LogP contribution in [0.4, 0.5) is 0 Å². The largest absolute Gasteiger partial charge is 0.329 e. The summed E-state index contributed by atoms with van der Waals surface area (Å²) >= 11 is 1.72. The highest BCUT2D eigenvalue weighted by molar-refractivity contribution is 7.99. The molecule has 0 saturated carbocycles. The van der Waals surface area contributed by atoms with Gasteiger partial charge >= 0.3 is 5.69 Å². The summed E-state index contributed by atoms with van der Waals surface area (Å²) in [6.45, 7) is 5.25. The fraction of sp³-hybridized carbons (Fsp3) is 0.783. The van der Waals surface area contributed by atoms with Gasteiger partial charge in [0.25, 0.3) is 5.56 Å². The third-order valence-corrected chi connectivity index (χ3v) is 6.75. The van der Waals surface area contributed by atoms with Gasteiger partial charge in [0.15, 0.2) is 16.3 Å². The molecule has 0 aliphatic heterocycles. The Labute approximate surface area is 184 Å². The Morgan fingerprint density at radius 3 is 2.03 bits per heavy atom. The molecule has 0 fully saturated rings. The van der Waals surface area contributed by atoms with Gasteiger partial charge in [-0.3, -0.25) is 14.3 Å². The molecule has 2 aromatic heterocycles. The zero-order valence-electron chi connectivity index (χ0n) is 19.2. The zero-order valence-corrected chi connectivity index (χ0v) is 20.0. The van der Waals surface area contributed by atoms with Gasteiger partial charge < -0.3 is 4.57 Å². The van der Waals surface area contributed by atoms with Gasteiger partial charge in [-0.25, -0.2) is 9.78 Å². The van der Waals surface area contributed by atoms with E-state index >= 15 is 0 Å². The highest BCUT2D eigenvalue weighted by Gasteiger charge is 2.17. The van der Waals surface area contributed by atoms with E-state index in [4.69, 9.17) is 0 Å². The van der Waals surface area contributed by atoms with E-state index in [1.54, 1.807) is 18.8 Å². The van der Waals surface area contributed by atoms with Crippen molar-refractivity contribution in [1.29, 1.82) is 0 Å². The van der Waals surface area contributed by atoms with E-state index in [0.717, 1.165) is 36.7 Å². The Morgan fingerprint density at radius 2 is 1.40 bits per heavy atom. The molecule has 0 unspecified atom stereocenters. The van der Waals surface area contributed by atoms with Crippen LogP contribution in [0, 0.1) is 0 Å². The second-order valence-electron chi connectivity index (χ2n) is 8.27. The summed E-state index contributed by atoms with van der Waals surface area (Å²) in [5.74, 6) is 0.999. The number of hydrogen-bond donors (Lipinski definition) is 1. The normalized spacial score (nSPS) is 11.6. The smallest absolute Gasteiger partial charge is 0.313 e. The molecule has 0 atom stereocenters. The third-order valence-electron chi connectivity index (χ3n) is 5.69. The first-order valence-corrected chi connectivity index (χ1v) is 12.9. The molecule has 1 N–H and O–H groups in total. The monoisotopic (exact) mass is 436 g/mol. The molecule has 0 radical (unpaired) electrons. The van der Waals surface area contributed by atoms with Crippen LogP contribution in [0.15, 0.2) is 14.7 Å². The second-order valence-corrected chi connectivity index (χ2v) is 9.34. The van der Waals surface area contributed by atoms with Crippen molar-refractivity contribution in [2.24, 2.45) is 7.05 Å². The molecule has 0 bridgehead atoms. The molecule has 0 saturated heterocycles. The molecule has 2 aromatic rings. The minimum absolute atomic E-state index is 0.325. The van der Waals surface area contributed by atoms with E-state index in [0.29, 0.717) is 11.2 Å². The topological polar surface area (TPSA) is 72.7 Å². The lowest BCUT2D eigenvalue weighted by atomic mass is 10.1. The van der Waals surface area contributed by atoms with Crippen LogP contribution in [0.2, 0.25) is 0 Å². The average Bonchev–Trinajstić information content (AvgIpc) is 3.10. The highest BCUT2D eigenvalue weighted by atomic mass is 32.2. The summed E-state index contributed by atoms with van der Waals surface area (Å²) in [5, 5.41) is 0.872. The van der Waals surface area contributed by atoms with Crippen LogP contribution in [0.5, 0.6) is 0 Å². The van der Waals surface area contributed by atoms with E-state index in [-0.39, 0.29) is 5.56 Å². The first-order chi connectivity index (χ1) is 14.6. The number of unbranched alkanes of at least 4 members (excludes halogenated alkanes) is 11. The molecule has 30 heavy (non-hydrogen) atoms. The summed E-state index contributed by atoms with van der Waals surface area (Å²) in [6, 6.07) is 0. The molecule has 7 heteroatoms. The van der Waals surface area contributed by atoms with Gasteiger partial charge in [0.05, 0.1) is 0 Å². The van der Waals surface area contributed by atoms with Gasteiger partial charge in [0.1, 0.15) is 0 Å². The molecular formula is C23H40N4O2S. The summed E-state index contributed by atoms with van der Waals surface area (Å²) in [5.41, 5.74) is 0.305. The van der Waals surface area contributed by atoms with E-state index in [9.17, 15) is 9.59 Å². The van der Waals surface area contributed by atoms with Crippen LogP contribution in [0.25, 0.3) is 11.2 Å². The number of aromatic amines is 1. The maximum absolute atomic E-state index is 12.5. The van der Waals surface area contributed by atoms with Crippen molar-refractivity contribution in [2.75, 3.05) is 5.75 Å². The Hall–Kier alpha value is -1.50. The van der Waals surface area contributed by atoms with Crippen LogP contribution in [0.1, 0.15) is 97.3 Å². The van der Waals surface area contributed by atoms with Gasteiger partial charge in [-0.05, 0) is 12.8 Å². The van der Waals surface area contributed by atoms with Gasteiger partial charge in [-0.2, -0.15) is 0 Å². The number of H-pyrrole nitrogens is 1. The van der Waals surface area contributed by atoms with Crippen molar-refractivity contribution in [2.45, 2.75) is 109 Å². The van der Waals surface area contributed by atoms with Gasteiger partial charge in [-0.15, -0.1) is 0 Å². The van der Waals surface area contributed by atoms with E-state index in [1.807, 2.05) is 4.57 Å². The molecule has 0 aliphatic rings. The number of aromatic nitrogens is 4. The molecule has 0 amide bonds. The van der Waals surface area contributed by atoms with Crippen molar-refractivity contribution in [1.82, 2.24) is 19.1 Å². The number of aryl methyl sites for hydroxylation is 2. The van der Waals surface area contributed by atoms with Crippen molar-refractivity contribution in [3.8, 4) is 0 Å². The third kappa shape index (κ3) is 7.33. The van der Waals surface area contributed by atoms with E-state index < -0.39 is 5.69 Å².